The minimum atomic E-state index is -1.04. The number of rotatable bonds is 7. The molecule has 33 heavy (non-hydrogen) atoms. The average molecular weight is 487 g/mol. The molecule has 0 aliphatic carbocycles. The average Bonchev–Trinajstić information content (AvgIpc) is 2.80. The van der Waals surface area contributed by atoms with E-state index in [1.54, 1.807) is 36.4 Å². The number of ether oxygens (including phenoxy) is 2. The van der Waals surface area contributed by atoms with E-state index in [-0.39, 0.29) is 22.9 Å². The van der Waals surface area contributed by atoms with Gasteiger partial charge in [0.05, 0.1) is 5.56 Å². The van der Waals surface area contributed by atoms with Crippen LogP contribution in [0, 0.1) is 0 Å². The summed E-state index contributed by atoms with van der Waals surface area (Å²) in [6.07, 6.45) is -0.782. The number of nitrogens with one attached hydrogen (secondary N) is 2. The summed E-state index contributed by atoms with van der Waals surface area (Å²) in [6, 6.07) is 18.9. The van der Waals surface area contributed by atoms with Crippen molar-refractivity contribution < 1.29 is 23.9 Å². The lowest BCUT2D eigenvalue weighted by molar-refractivity contribution is -0.136. The molecule has 170 valence electrons. The first kappa shape index (κ1) is 24.1. The van der Waals surface area contributed by atoms with E-state index < -0.39 is 24.0 Å². The van der Waals surface area contributed by atoms with Gasteiger partial charge >= 0.3 is 12.1 Å². The van der Waals surface area contributed by atoms with Crippen LogP contribution in [0.15, 0.2) is 72.8 Å². The smallest absolute Gasteiger partial charge is 0.408 e. The second kappa shape index (κ2) is 11.4. The van der Waals surface area contributed by atoms with E-state index in [1.807, 2.05) is 18.2 Å². The van der Waals surface area contributed by atoms with Gasteiger partial charge in [-0.3, -0.25) is 4.79 Å². The molecule has 0 aromatic heterocycles. The van der Waals surface area contributed by atoms with E-state index in [0.717, 1.165) is 5.56 Å². The van der Waals surface area contributed by atoms with Gasteiger partial charge in [0.1, 0.15) is 18.4 Å². The second-order valence-corrected chi connectivity index (χ2v) is 7.82. The fourth-order valence-corrected chi connectivity index (χ4v) is 2.99. The van der Waals surface area contributed by atoms with Crippen molar-refractivity contribution in [3.8, 4) is 5.75 Å². The Kier molecular flexibility index (Phi) is 8.29. The van der Waals surface area contributed by atoms with Crippen LogP contribution in [0.2, 0.25) is 10.0 Å². The molecule has 3 aromatic rings. The fourth-order valence-electron chi connectivity index (χ4n) is 2.70. The molecule has 0 saturated carbocycles. The maximum absolute atomic E-state index is 12.7. The van der Waals surface area contributed by atoms with E-state index in [2.05, 4.69) is 10.6 Å². The van der Waals surface area contributed by atoms with Gasteiger partial charge in [-0.15, -0.1) is 0 Å². The number of carbonyl (C=O) groups excluding carboxylic acids is 3. The molecule has 0 saturated heterocycles. The van der Waals surface area contributed by atoms with Gasteiger partial charge in [-0.1, -0.05) is 53.5 Å². The molecule has 2 N–H and O–H groups in total. The molecular weight excluding hydrogens is 467 g/mol. The maximum Gasteiger partial charge on any atom is 0.408 e. The summed E-state index contributed by atoms with van der Waals surface area (Å²) < 4.78 is 10.5. The number of anilines is 1. The molecule has 7 nitrogen and oxygen atoms in total. The van der Waals surface area contributed by atoms with Crippen molar-refractivity contribution in [2.24, 2.45) is 0 Å². The summed E-state index contributed by atoms with van der Waals surface area (Å²) in [5.41, 5.74) is 1.40. The van der Waals surface area contributed by atoms with Crippen LogP contribution in [-0.2, 0) is 16.1 Å². The summed E-state index contributed by atoms with van der Waals surface area (Å²) in [5, 5.41) is 5.88. The topological polar surface area (TPSA) is 93.7 Å². The Morgan fingerprint density at radius 2 is 1.58 bits per heavy atom. The second-order valence-electron chi connectivity index (χ2n) is 6.95. The van der Waals surface area contributed by atoms with Crippen LogP contribution in [-0.4, -0.2) is 24.0 Å². The zero-order valence-electron chi connectivity index (χ0n) is 17.5. The molecule has 1 atom stereocenters. The number of amides is 2. The van der Waals surface area contributed by atoms with Crippen LogP contribution >= 0.6 is 23.2 Å². The van der Waals surface area contributed by atoms with Crippen molar-refractivity contribution >= 4 is 46.9 Å². The van der Waals surface area contributed by atoms with Gasteiger partial charge in [0.15, 0.2) is 0 Å². The summed E-state index contributed by atoms with van der Waals surface area (Å²) in [7, 11) is 0. The van der Waals surface area contributed by atoms with Crippen molar-refractivity contribution in [1.29, 1.82) is 0 Å². The van der Waals surface area contributed by atoms with Crippen LogP contribution in [0.5, 0.6) is 5.75 Å². The van der Waals surface area contributed by atoms with Crippen molar-refractivity contribution in [3.63, 3.8) is 0 Å². The van der Waals surface area contributed by atoms with Crippen LogP contribution in [0.1, 0.15) is 22.8 Å². The molecule has 3 rings (SSSR count). The first-order valence-electron chi connectivity index (χ1n) is 9.87. The van der Waals surface area contributed by atoms with Crippen molar-refractivity contribution in [2.75, 3.05) is 5.32 Å². The van der Waals surface area contributed by atoms with Gasteiger partial charge in [0.25, 0.3) is 5.91 Å². The van der Waals surface area contributed by atoms with Gasteiger partial charge in [0, 0.05) is 21.8 Å². The molecular formula is C24H20Cl2N2O5. The van der Waals surface area contributed by atoms with Gasteiger partial charge in [-0.25, -0.2) is 9.59 Å². The highest BCUT2D eigenvalue weighted by molar-refractivity contribution is 6.31. The highest BCUT2D eigenvalue weighted by Crippen LogP contribution is 2.25. The summed E-state index contributed by atoms with van der Waals surface area (Å²) in [4.78, 5) is 37.2. The van der Waals surface area contributed by atoms with E-state index >= 15 is 0 Å². The van der Waals surface area contributed by atoms with Crippen molar-refractivity contribution in [1.82, 2.24) is 5.32 Å². The first-order valence-corrected chi connectivity index (χ1v) is 10.6. The molecule has 0 aliphatic rings. The lowest BCUT2D eigenvalue weighted by atomic mass is 10.1. The van der Waals surface area contributed by atoms with Crippen molar-refractivity contribution in [2.45, 2.75) is 19.6 Å². The molecule has 0 heterocycles. The Labute approximate surface area is 200 Å². The van der Waals surface area contributed by atoms with E-state index in [1.165, 1.54) is 25.1 Å². The number of benzene rings is 3. The Morgan fingerprint density at radius 1 is 0.909 bits per heavy atom. The van der Waals surface area contributed by atoms with Crippen LogP contribution in [0.4, 0.5) is 10.5 Å². The summed E-state index contributed by atoms with van der Waals surface area (Å²) in [5.74, 6) is -1.36. The van der Waals surface area contributed by atoms with Gasteiger partial charge in [0.2, 0.25) is 0 Å². The Bertz CT molecular complexity index is 1140. The first-order chi connectivity index (χ1) is 15.8. The minimum absolute atomic E-state index is 0.0507. The van der Waals surface area contributed by atoms with Gasteiger partial charge < -0.3 is 20.1 Å². The predicted octanol–water partition coefficient (Wildman–Crippen LogP) is 5.47. The number of hydrogen-bond acceptors (Lipinski definition) is 5. The number of halogens is 2. The van der Waals surface area contributed by atoms with E-state index in [4.69, 9.17) is 32.7 Å². The zero-order valence-corrected chi connectivity index (χ0v) is 19.0. The van der Waals surface area contributed by atoms with E-state index in [0.29, 0.717) is 10.7 Å². The number of alkyl carbamates (subject to hydrolysis) is 1. The largest absolute Gasteiger partial charge is 0.445 e. The van der Waals surface area contributed by atoms with Gasteiger partial charge in [-0.05, 0) is 48.9 Å². The predicted molar refractivity (Wildman–Crippen MR) is 126 cm³/mol. The van der Waals surface area contributed by atoms with Crippen LogP contribution in [0.3, 0.4) is 0 Å². The molecule has 0 spiro atoms. The fraction of sp³-hybridized carbons (Fsp3) is 0.125. The lowest BCUT2D eigenvalue weighted by Crippen LogP contribution is -2.41. The Morgan fingerprint density at radius 3 is 2.27 bits per heavy atom. The molecule has 0 aliphatic heterocycles. The molecule has 0 unspecified atom stereocenters. The molecule has 0 fully saturated rings. The molecule has 0 radical (unpaired) electrons. The van der Waals surface area contributed by atoms with Crippen LogP contribution < -0.4 is 15.4 Å². The van der Waals surface area contributed by atoms with Gasteiger partial charge in [-0.2, -0.15) is 0 Å². The molecule has 2 amide bonds. The highest BCUT2D eigenvalue weighted by atomic mass is 35.5. The normalized spacial score (nSPS) is 11.2. The SMILES string of the molecule is C[C@@H](NC(=O)OCc1ccccc1)C(=O)Oc1cc(Cl)ccc1C(=O)Nc1ccc(Cl)cc1. The maximum atomic E-state index is 12.7. The van der Waals surface area contributed by atoms with E-state index in [9.17, 15) is 14.4 Å². The van der Waals surface area contributed by atoms with Crippen molar-refractivity contribution in [3.05, 3.63) is 94.0 Å². The summed E-state index contributed by atoms with van der Waals surface area (Å²) in [6.45, 7) is 1.49. The molecule has 0 bridgehead atoms. The number of hydrogen-bond donors (Lipinski definition) is 2. The highest BCUT2D eigenvalue weighted by Gasteiger charge is 2.22. The molecule has 3 aromatic carbocycles. The Hall–Kier alpha value is -3.55. The minimum Gasteiger partial charge on any atom is -0.445 e. The lowest BCUT2D eigenvalue weighted by Gasteiger charge is -2.15. The zero-order chi connectivity index (χ0) is 23.8. The number of carbonyl (C=O) groups is 3. The summed E-state index contributed by atoms with van der Waals surface area (Å²) >= 11 is 11.9. The van der Waals surface area contributed by atoms with Crippen LogP contribution in [0.25, 0.3) is 0 Å². The third-order valence-corrected chi connectivity index (χ3v) is 4.89. The standard InChI is InChI=1S/C24H20Cl2N2O5/c1-15(27-24(31)32-14-16-5-3-2-4-6-16)23(30)33-21-13-18(26)9-12-20(21)22(29)28-19-10-7-17(25)8-11-19/h2-13,15H,14H2,1H3,(H,27,31)(H,28,29)/t15-/m1/s1. The third kappa shape index (κ3) is 7.24. The Balaban J connectivity index is 1.62. The quantitative estimate of drug-likeness (QED) is 0.341. The molecule has 9 heteroatoms. The third-order valence-electron chi connectivity index (χ3n) is 4.40. The number of esters is 1. The monoisotopic (exact) mass is 486 g/mol.